The van der Waals surface area contributed by atoms with Crippen LogP contribution in [0.4, 0.5) is 8.78 Å². The highest BCUT2D eigenvalue weighted by molar-refractivity contribution is 5.23. The van der Waals surface area contributed by atoms with Crippen molar-refractivity contribution in [2.24, 2.45) is 7.05 Å². The van der Waals surface area contributed by atoms with Crippen molar-refractivity contribution < 1.29 is 8.78 Å². The lowest BCUT2D eigenvalue weighted by Crippen LogP contribution is -2.35. The number of aromatic nitrogens is 3. The van der Waals surface area contributed by atoms with Gasteiger partial charge < -0.3 is 0 Å². The second-order valence-electron chi connectivity index (χ2n) is 5.54. The highest BCUT2D eigenvalue weighted by Gasteiger charge is 2.24. The van der Waals surface area contributed by atoms with Crippen LogP contribution >= 0.6 is 0 Å². The Bertz CT molecular complexity index is 626. The van der Waals surface area contributed by atoms with E-state index in [9.17, 15) is 8.78 Å². The number of benzene rings is 1. The quantitative estimate of drug-likeness (QED) is 0.871. The minimum absolute atomic E-state index is 0.0303. The average Bonchev–Trinajstić information content (AvgIpc) is 2.87. The van der Waals surface area contributed by atoms with Crippen LogP contribution in [0.1, 0.15) is 30.1 Å². The van der Waals surface area contributed by atoms with Crippen LogP contribution < -0.4 is 0 Å². The highest BCUT2D eigenvalue weighted by Crippen LogP contribution is 2.29. The highest BCUT2D eigenvalue weighted by atomic mass is 19.1. The summed E-state index contributed by atoms with van der Waals surface area (Å²) in [5.74, 6) is 0.219. The molecule has 1 aliphatic heterocycles. The van der Waals surface area contributed by atoms with Crippen molar-refractivity contribution in [3.63, 3.8) is 0 Å². The van der Waals surface area contributed by atoms with E-state index in [1.165, 1.54) is 24.5 Å². The molecule has 1 fully saturated rings. The van der Waals surface area contributed by atoms with Crippen molar-refractivity contribution in [1.29, 1.82) is 0 Å². The SMILES string of the molecule is Cn1ncnc1CN1CCC[C@@H](c2cc(F)ccc2F)C1. The van der Waals surface area contributed by atoms with Gasteiger partial charge in [0.1, 0.15) is 23.8 Å². The van der Waals surface area contributed by atoms with E-state index in [0.29, 0.717) is 18.7 Å². The van der Waals surface area contributed by atoms with Gasteiger partial charge in [0.15, 0.2) is 0 Å². The molecule has 112 valence electrons. The fourth-order valence-corrected chi connectivity index (χ4v) is 2.94. The van der Waals surface area contributed by atoms with Crippen LogP contribution in [0.25, 0.3) is 0 Å². The van der Waals surface area contributed by atoms with Crippen LogP contribution in [0, 0.1) is 11.6 Å². The van der Waals surface area contributed by atoms with Gasteiger partial charge in [0, 0.05) is 13.6 Å². The summed E-state index contributed by atoms with van der Waals surface area (Å²) in [6, 6.07) is 3.71. The molecule has 0 amide bonds. The molecule has 2 aromatic rings. The molecular weight excluding hydrogens is 274 g/mol. The standard InChI is InChI=1S/C15H18F2N4/c1-20-15(18-10-19-20)9-21-6-2-3-11(8-21)13-7-12(16)4-5-14(13)17/h4-5,7,10-11H,2-3,6,8-9H2,1H3/t11-/m1/s1. The molecule has 2 heterocycles. The zero-order chi connectivity index (χ0) is 14.8. The largest absolute Gasteiger partial charge is 0.295 e. The molecule has 0 spiro atoms. The van der Waals surface area contributed by atoms with Crippen LogP contribution in [-0.4, -0.2) is 32.8 Å². The monoisotopic (exact) mass is 292 g/mol. The third-order valence-corrected chi connectivity index (χ3v) is 4.07. The summed E-state index contributed by atoms with van der Waals surface area (Å²) in [7, 11) is 1.86. The molecule has 21 heavy (non-hydrogen) atoms. The Labute approximate surface area is 122 Å². The molecule has 1 aromatic heterocycles. The molecule has 0 radical (unpaired) electrons. The van der Waals surface area contributed by atoms with E-state index in [0.717, 1.165) is 25.2 Å². The zero-order valence-corrected chi connectivity index (χ0v) is 12.0. The van der Waals surface area contributed by atoms with Crippen molar-refractivity contribution in [3.8, 4) is 0 Å². The molecule has 0 saturated carbocycles. The molecule has 1 saturated heterocycles. The predicted octanol–water partition coefficient (Wildman–Crippen LogP) is 2.47. The van der Waals surface area contributed by atoms with Crippen LogP contribution in [-0.2, 0) is 13.6 Å². The molecule has 0 aliphatic carbocycles. The maximum Gasteiger partial charge on any atom is 0.140 e. The van der Waals surface area contributed by atoms with Gasteiger partial charge in [-0.15, -0.1) is 0 Å². The maximum atomic E-state index is 13.9. The second kappa shape index (κ2) is 5.89. The summed E-state index contributed by atoms with van der Waals surface area (Å²) in [6.07, 6.45) is 3.39. The number of aryl methyl sites for hydroxylation is 1. The first-order valence-electron chi connectivity index (χ1n) is 7.13. The Morgan fingerprint density at radius 2 is 2.19 bits per heavy atom. The molecule has 0 unspecified atom stereocenters. The fourth-order valence-electron chi connectivity index (χ4n) is 2.94. The van der Waals surface area contributed by atoms with Gasteiger partial charge >= 0.3 is 0 Å². The van der Waals surface area contributed by atoms with Gasteiger partial charge in [0.05, 0.1) is 6.54 Å². The van der Waals surface area contributed by atoms with Gasteiger partial charge in [-0.05, 0) is 49.1 Å². The van der Waals surface area contributed by atoms with E-state index in [-0.39, 0.29) is 17.6 Å². The van der Waals surface area contributed by atoms with Crippen molar-refractivity contribution in [3.05, 3.63) is 47.5 Å². The second-order valence-corrected chi connectivity index (χ2v) is 5.54. The van der Waals surface area contributed by atoms with Gasteiger partial charge in [-0.25, -0.2) is 13.8 Å². The third-order valence-electron chi connectivity index (χ3n) is 4.07. The summed E-state index contributed by atoms with van der Waals surface area (Å²) in [5, 5.41) is 4.05. The number of rotatable bonds is 3. The van der Waals surface area contributed by atoms with Crippen LogP contribution in [0.5, 0.6) is 0 Å². The maximum absolute atomic E-state index is 13.9. The number of halogens is 2. The van der Waals surface area contributed by atoms with Crippen molar-refractivity contribution >= 4 is 0 Å². The number of hydrogen-bond acceptors (Lipinski definition) is 3. The summed E-state index contributed by atoms with van der Waals surface area (Å²) >= 11 is 0. The summed E-state index contributed by atoms with van der Waals surface area (Å²) in [4.78, 5) is 6.44. The number of piperidine rings is 1. The molecule has 0 N–H and O–H groups in total. The van der Waals surface area contributed by atoms with Gasteiger partial charge in [-0.2, -0.15) is 5.10 Å². The normalized spacial score (nSPS) is 19.9. The zero-order valence-electron chi connectivity index (χ0n) is 12.0. The Hall–Kier alpha value is -1.82. The first kappa shape index (κ1) is 14.1. The Balaban J connectivity index is 1.73. The Kier molecular flexibility index (Phi) is 3.96. The van der Waals surface area contributed by atoms with Gasteiger partial charge in [0.2, 0.25) is 0 Å². The lowest BCUT2D eigenvalue weighted by atomic mass is 9.90. The number of hydrogen-bond donors (Lipinski definition) is 0. The topological polar surface area (TPSA) is 34.0 Å². The van der Waals surface area contributed by atoms with Gasteiger partial charge in [-0.1, -0.05) is 0 Å². The molecule has 0 bridgehead atoms. The molecule has 3 rings (SSSR count). The summed E-state index contributed by atoms with van der Waals surface area (Å²) in [6.45, 7) is 2.34. The summed E-state index contributed by atoms with van der Waals surface area (Å²) in [5.41, 5.74) is 0.484. The van der Waals surface area contributed by atoms with Crippen molar-refractivity contribution in [1.82, 2.24) is 19.7 Å². The molecule has 6 heteroatoms. The molecule has 1 aliphatic rings. The third kappa shape index (κ3) is 3.10. The van der Waals surface area contributed by atoms with Crippen LogP contribution in [0.2, 0.25) is 0 Å². The minimum atomic E-state index is -0.378. The lowest BCUT2D eigenvalue weighted by Gasteiger charge is -2.32. The minimum Gasteiger partial charge on any atom is -0.295 e. The Morgan fingerprint density at radius 1 is 1.33 bits per heavy atom. The molecule has 1 atom stereocenters. The number of nitrogens with zero attached hydrogens (tertiary/aromatic N) is 4. The van der Waals surface area contributed by atoms with Gasteiger partial charge in [-0.3, -0.25) is 9.58 Å². The van der Waals surface area contributed by atoms with Crippen molar-refractivity contribution in [2.45, 2.75) is 25.3 Å². The smallest absolute Gasteiger partial charge is 0.140 e. The first-order valence-corrected chi connectivity index (χ1v) is 7.13. The predicted molar refractivity (Wildman–Crippen MR) is 74.6 cm³/mol. The molecule has 4 nitrogen and oxygen atoms in total. The van der Waals surface area contributed by atoms with E-state index in [1.54, 1.807) is 4.68 Å². The number of likely N-dealkylation sites (tertiary alicyclic amines) is 1. The van der Waals surface area contributed by atoms with E-state index in [1.807, 2.05) is 7.05 Å². The van der Waals surface area contributed by atoms with E-state index < -0.39 is 0 Å². The molecule has 1 aromatic carbocycles. The van der Waals surface area contributed by atoms with Crippen molar-refractivity contribution in [2.75, 3.05) is 13.1 Å². The van der Waals surface area contributed by atoms with Crippen LogP contribution in [0.15, 0.2) is 24.5 Å². The molecular formula is C15H18F2N4. The van der Waals surface area contributed by atoms with E-state index in [2.05, 4.69) is 15.0 Å². The van der Waals surface area contributed by atoms with Gasteiger partial charge in [0.25, 0.3) is 0 Å². The average molecular weight is 292 g/mol. The van der Waals surface area contributed by atoms with Crippen LogP contribution in [0.3, 0.4) is 0 Å². The van der Waals surface area contributed by atoms with E-state index >= 15 is 0 Å². The fraction of sp³-hybridized carbons (Fsp3) is 0.467. The summed E-state index contributed by atoms with van der Waals surface area (Å²) < 4.78 is 29.0. The van der Waals surface area contributed by atoms with E-state index in [4.69, 9.17) is 0 Å². The lowest BCUT2D eigenvalue weighted by molar-refractivity contribution is 0.191. The Morgan fingerprint density at radius 3 is 2.95 bits per heavy atom. The first-order chi connectivity index (χ1) is 10.1.